The first-order valence-electron chi connectivity index (χ1n) is 7.90. The van der Waals surface area contributed by atoms with Gasteiger partial charge in [-0.2, -0.15) is 22.5 Å². The number of hydrogen-bond acceptors (Lipinski definition) is 7. The van der Waals surface area contributed by atoms with E-state index in [1.807, 2.05) is 4.90 Å². The molecule has 0 saturated heterocycles. The minimum Gasteiger partial charge on any atom is -0.383 e. The van der Waals surface area contributed by atoms with Gasteiger partial charge in [-0.05, 0) is 17.7 Å². The van der Waals surface area contributed by atoms with Crippen molar-refractivity contribution in [3.05, 3.63) is 35.4 Å². The summed E-state index contributed by atoms with van der Waals surface area (Å²) in [7, 11) is 3.26. The topological polar surface area (TPSA) is 59.5 Å². The van der Waals surface area contributed by atoms with Crippen molar-refractivity contribution in [3.8, 4) is 0 Å². The van der Waals surface area contributed by atoms with Gasteiger partial charge in [-0.3, -0.25) is 0 Å². The second-order valence-corrected chi connectivity index (χ2v) is 6.15. The van der Waals surface area contributed by atoms with Crippen LogP contribution in [0.25, 0.3) is 0 Å². The minimum atomic E-state index is -4.33. The Hall–Kier alpha value is -1.91. The van der Waals surface area contributed by atoms with Gasteiger partial charge in [0.05, 0.1) is 18.8 Å². The Kier molecular flexibility index (Phi) is 7.61. The van der Waals surface area contributed by atoms with Crippen LogP contribution in [-0.4, -0.2) is 49.9 Å². The van der Waals surface area contributed by atoms with Crippen molar-refractivity contribution in [2.75, 3.05) is 50.7 Å². The summed E-state index contributed by atoms with van der Waals surface area (Å²) in [5, 5.41) is 3.75. The van der Waals surface area contributed by atoms with E-state index in [1.165, 1.54) is 23.7 Å². The summed E-state index contributed by atoms with van der Waals surface area (Å²) < 4.78 is 52.1. The van der Waals surface area contributed by atoms with Crippen LogP contribution in [0.3, 0.4) is 0 Å². The molecule has 0 amide bonds. The van der Waals surface area contributed by atoms with Gasteiger partial charge < -0.3 is 19.7 Å². The highest BCUT2D eigenvalue weighted by Crippen LogP contribution is 2.29. The lowest BCUT2D eigenvalue weighted by Gasteiger charge is -2.20. The second-order valence-electron chi connectivity index (χ2n) is 5.42. The number of benzene rings is 1. The second kappa shape index (κ2) is 9.70. The highest BCUT2D eigenvalue weighted by Gasteiger charge is 2.29. The van der Waals surface area contributed by atoms with E-state index in [4.69, 9.17) is 9.47 Å². The van der Waals surface area contributed by atoms with E-state index in [9.17, 15) is 13.2 Å². The van der Waals surface area contributed by atoms with Crippen molar-refractivity contribution in [1.82, 2.24) is 9.36 Å². The lowest BCUT2D eigenvalue weighted by atomic mass is 10.1. The Bertz CT molecular complexity index is 656. The molecule has 1 heterocycles. The predicted octanol–water partition coefficient (Wildman–Crippen LogP) is 3.27. The largest absolute Gasteiger partial charge is 0.416 e. The number of nitrogens with one attached hydrogen (secondary N) is 1. The number of aromatic nitrogens is 2. The third kappa shape index (κ3) is 6.11. The molecule has 0 aliphatic rings. The van der Waals surface area contributed by atoms with Crippen LogP contribution in [0.1, 0.15) is 11.1 Å². The Balaban J connectivity index is 1.94. The predicted molar refractivity (Wildman–Crippen MR) is 94.6 cm³/mol. The number of methoxy groups -OCH3 is 2. The van der Waals surface area contributed by atoms with Gasteiger partial charge in [-0.1, -0.05) is 12.1 Å². The molecular formula is C16H21F3N4O2S. The zero-order chi connectivity index (χ0) is 19.0. The molecular weight excluding hydrogens is 369 g/mol. The zero-order valence-electron chi connectivity index (χ0n) is 14.5. The molecule has 0 spiro atoms. The fourth-order valence-corrected chi connectivity index (χ4v) is 2.81. The van der Waals surface area contributed by atoms with E-state index < -0.39 is 11.7 Å². The van der Waals surface area contributed by atoms with E-state index in [0.717, 1.165) is 17.3 Å². The van der Waals surface area contributed by atoms with Crippen molar-refractivity contribution in [2.45, 2.75) is 12.7 Å². The maximum atomic E-state index is 12.6. The summed E-state index contributed by atoms with van der Waals surface area (Å²) in [5.74, 6) is 0.435. The van der Waals surface area contributed by atoms with Crippen molar-refractivity contribution in [3.63, 3.8) is 0 Å². The lowest BCUT2D eigenvalue weighted by Crippen LogP contribution is -2.30. The third-order valence-corrected chi connectivity index (χ3v) is 4.33. The van der Waals surface area contributed by atoms with Crippen molar-refractivity contribution in [1.29, 1.82) is 0 Å². The molecule has 6 nitrogen and oxygen atoms in total. The van der Waals surface area contributed by atoms with Crippen molar-refractivity contribution < 1.29 is 22.6 Å². The molecule has 1 aromatic heterocycles. The van der Waals surface area contributed by atoms with Gasteiger partial charge in [0.2, 0.25) is 11.1 Å². The first kappa shape index (κ1) is 20.4. The Morgan fingerprint density at radius 3 is 2.23 bits per heavy atom. The number of halogens is 3. The Morgan fingerprint density at radius 1 is 1.08 bits per heavy atom. The van der Waals surface area contributed by atoms with Crippen LogP contribution in [0.4, 0.5) is 24.3 Å². The van der Waals surface area contributed by atoms with Gasteiger partial charge in [0.25, 0.3) is 0 Å². The van der Waals surface area contributed by atoms with E-state index in [0.29, 0.717) is 44.4 Å². The van der Waals surface area contributed by atoms with Gasteiger partial charge in [-0.15, -0.1) is 0 Å². The van der Waals surface area contributed by atoms with Crippen LogP contribution in [0.2, 0.25) is 0 Å². The molecule has 2 aromatic rings. The van der Waals surface area contributed by atoms with Crippen LogP contribution in [-0.2, 0) is 22.2 Å². The summed E-state index contributed by atoms with van der Waals surface area (Å²) in [6.45, 7) is 2.76. The molecule has 0 unspecified atom stereocenters. The summed E-state index contributed by atoms with van der Waals surface area (Å²) in [4.78, 5) is 6.43. The highest BCUT2D eigenvalue weighted by atomic mass is 32.1. The molecule has 0 aliphatic heterocycles. The smallest absolute Gasteiger partial charge is 0.383 e. The van der Waals surface area contributed by atoms with Crippen LogP contribution >= 0.6 is 11.5 Å². The van der Waals surface area contributed by atoms with Gasteiger partial charge in [0, 0.05) is 45.4 Å². The molecule has 2 rings (SSSR count). The molecule has 10 heteroatoms. The average Bonchev–Trinajstić information content (AvgIpc) is 3.08. The SMILES string of the molecule is COCCN(CCOC)c1nc(NCc2ccc(C(F)(F)F)cc2)ns1. The summed E-state index contributed by atoms with van der Waals surface area (Å²) in [5.41, 5.74) is 0.0484. The molecule has 1 N–H and O–H groups in total. The molecule has 0 aliphatic carbocycles. The fraction of sp³-hybridized carbons (Fsp3) is 0.500. The number of alkyl halides is 3. The van der Waals surface area contributed by atoms with Crippen LogP contribution in [0, 0.1) is 0 Å². The Morgan fingerprint density at radius 2 is 1.69 bits per heavy atom. The summed E-state index contributed by atoms with van der Waals surface area (Å²) in [6, 6.07) is 5.00. The van der Waals surface area contributed by atoms with E-state index in [2.05, 4.69) is 14.7 Å². The van der Waals surface area contributed by atoms with Gasteiger partial charge in [0.15, 0.2) is 0 Å². The van der Waals surface area contributed by atoms with Crippen LogP contribution in [0.5, 0.6) is 0 Å². The summed E-state index contributed by atoms with van der Waals surface area (Å²) >= 11 is 1.24. The van der Waals surface area contributed by atoms with Crippen LogP contribution < -0.4 is 10.2 Å². The summed E-state index contributed by atoms with van der Waals surface area (Å²) in [6.07, 6.45) is -4.33. The first-order chi connectivity index (χ1) is 12.4. The number of rotatable bonds is 10. The van der Waals surface area contributed by atoms with E-state index >= 15 is 0 Å². The normalized spacial score (nSPS) is 11.6. The van der Waals surface area contributed by atoms with Crippen LogP contribution in [0.15, 0.2) is 24.3 Å². The standard InChI is InChI=1S/C16H21F3N4O2S/c1-24-9-7-23(8-10-25-2)15-21-14(22-26-15)20-11-12-3-5-13(6-4-12)16(17,18)19/h3-6H,7-11H2,1-2H3,(H,20,22). The monoisotopic (exact) mass is 390 g/mol. The average molecular weight is 390 g/mol. The molecule has 0 radical (unpaired) electrons. The molecule has 0 atom stereocenters. The van der Waals surface area contributed by atoms with Gasteiger partial charge in [-0.25, -0.2) is 0 Å². The first-order valence-corrected chi connectivity index (χ1v) is 8.68. The minimum absolute atomic E-state index is 0.338. The third-order valence-electron chi connectivity index (χ3n) is 3.55. The number of nitrogens with zero attached hydrogens (tertiary/aromatic N) is 3. The van der Waals surface area contributed by atoms with Crippen molar-refractivity contribution in [2.24, 2.45) is 0 Å². The quantitative estimate of drug-likeness (QED) is 0.672. The molecule has 0 bridgehead atoms. The molecule has 1 aromatic carbocycles. The molecule has 144 valence electrons. The lowest BCUT2D eigenvalue weighted by molar-refractivity contribution is -0.137. The van der Waals surface area contributed by atoms with Crippen molar-refractivity contribution >= 4 is 22.6 Å². The van der Waals surface area contributed by atoms with E-state index in [1.54, 1.807) is 14.2 Å². The Labute approximate surface area is 154 Å². The molecule has 26 heavy (non-hydrogen) atoms. The van der Waals surface area contributed by atoms with E-state index in [-0.39, 0.29) is 0 Å². The zero-order valence-corrected chi connectivity index (χ0v) is 15.4. The van der Waals surface area contributed by atoms with Gasteiger partial charge in [0.1, 0.15) is 0 Å². The fourth-order valence-electron chi connectivity index (χ4n) is 2.11. The maximum absolute atomic E-state index is 12.6. The van der Waals surface area contributed by atoms with Gasteiger partial charge >= 0.3 is 6.18 Å². The molecule has 0 fully saturated rings. The number of anilines is 2. The molecule has 0 saturated carbocycles. The highest BCUT2D eigenvalue weighted by molar-refractivity contribution is 7.09. The number of hydrogen-bond donors (Lipinski definition) is 1. The maximum Gasteiger partial charge on any atom is 0.416 e. The number of ether oxygens (including phenoxy) is 2.